The molecule has 15 atom stereocenters. The minimum absolute atomic E-state index is 0.0646. The van der Waals surface area contributed by atoms with Crippen molar-refractivity contribution in [3.63, 3.8) is 0 Å². The first kappa shape index (κ1) is 46.7. The van der Waals surface area contributed by atoms with Crippen LogP contribution in [0.15, 0.2) is 24.3 Å². The second-order valence-corrected chi connectivity index (χ2v) is 15.3. The number of nitrogens with zero attached hydrogens (tertiary/aromatic N) is 2. The van der Waals surface area contributed by atoms with Crippen LogP contribution in [-0.4, -0.2) is 189 Å². The Morgan fingerprint density at radius 2 is 1.27 bits per heavy atom. The van der Waals surface area contributed by atoms with Crippen LogP contribution in [0.4, 0.5) is 0 Å². The standard InChI is InChI=1S/C36H53N7O16/c1-13-11-43-26(27(13)50)34(57)41-32(55)22(49)10-20(37-16(4)46)30(53)38-23(14(2)44)35(58)42-12-19(48)9-21(42)31(54)40-25(33(56)39-24(15(3)45)36(43)59)29(52)28(51)17-5-7-18(47)8-6-17/h5-8,13-15,19-29,32,44-45,47-52,55H,9-12H2,1-4H3,(H,37,46)(H,38,53)(H,39,56)(H,40,54)(H,41,57)/t13-,14+,15+,19?,20?,21-,22+,23-,24-,25-,26-,27-,28-,29-,32+/m0/s1. The fourth-order valence-electron chi connectivity index (χ4n) is 7.27. The first-order valence-electron chi connectivity index (χ1n) is 18.9. The monoisotopic (exact) mass is 839 g/mol. The summed E-state index contributed by atoms with van der Waals surface area (Å²) >= 11 is 0. The summed E-state index contributed by atoms with van der Waals surface area (Å²) < 4.78 is 0. The molecule has 23 heteroatoms. The van der Waals surface area contributed by atoms with Crippen molar-refractivity contribution in [1.82, 2.24) is 36.4 Å². The minimum atomic E-state index is -2.26. The Hall–Kier alpha value is -5.01. The van der Waals surface area contributed by atoms with E-state index in [2.05, 4.69) is 21.3 Å². The summed E-state index contributed by atoms with van der Waals surface area (Å²) in [5.74, 6) is -9.20. The van der Waals surface area contributed by atoms with Crippen LogP contribution in [0.3, 0.4) is 0 Å². The van der Waals surface area contributed by atoms with Gasteiger partial charge in [-0.1, -0.05) is 19.1 Å². The molecule has 0 radical (unpaired) electrons. The van der Waals surface area contributed by atoms with Gasteiger partial charge in [0.25, 0.3) is 0 Å². The first-order chi connectivity index (χ1) is 27.5. The highest BCUT2D eigenvalue weighted by Gasteiger charge is 2.50. The first-order valence-corrected chi connectivity index (χ1v) is 18.9. The molecule has 3 fully saturated rings. The van der Waals surface area contributed by atoms with E-state index in [9.17, 15) is 79.5 Å². The lowest BCUT2D eigenvalue weighted by Crippen LogP contribution is -2.64. The number of hydrogen-bond donors (Lipinski definition) is 14. The summed E-state index contributed by atoms with van der Waals surface area (Å²) in [5, 5.41) is 108. The maximum absolute atomic E-state index is 14.1. The van der Waals surface area contributed by atoms with Crippen LogP contribution in [0.25, 0.3) is 0 Å². The predicted molar refractivity (Wildman–Crippen MR) is 197 cm³/mol. The molecule has 3 heterocycles. The Morgan fingerprint density at radius 3 is 1.83 bits per heavy atom. The molecule has 0 bridgehead atoms. The molecule has 3 aliphatic rings. The van der Waals surface area contributed by atoms with Crippen LogP contribution in [0.1, 0.15) is 52.2 Å². The Morgan fingerprint density at radius 1 is 0.729 bits per heavy atom. The van der Waals surface area contributed by atoms with Crippen molar-refractivity contribution in [2.45, 2.75) is 126 Å². The number of carbonyl (C=O) groups excluding carboxylic acids is 7. The molecule has 7 amide bonds. The molecule has 3 saturated heterocycles. The van der Waals surface area contributed by atoms with Gasteiger partial charge in [0.2, 0.25) is 41.4 Å². The zero-order valence-electron chi connectivity index (χ0n) is 32.6. The average Bonchev–Trinajstić information content (AvgIpc) is 3.70. The number of benzene rings is 1. The quantitative estimate of drug-likeness (QED) is 0.127. The zero-order chi connectivity index (χ0) is 44.2. The molecule has 23 nitrogen and oxygen atoms in total. The van der Waals surface area contributed by atoms with Gasteiger partial charge in [-0.15, -0.1) is 0 Å². The van der Waals surface area contributed by atoms with Crippen molar-refractivity contribution in [3.8, 4) is 5.75 Å². The van der Waals surface area contributed by atoms with E-state index < -0.39 is 152 Å². The Balaban J connectivity index is 1.83. The predicted octanol–water partition coefficient (Wildman–Crippen LogP) is -7.12. The summed E-state index contributed by atoms with van der Waals surface area (Å²) in [7, 11) is 0. The lowest BCUT2D eigenvalue weighted by Gasteiger charge is -2.34. The summed E-state index contributed by atoms with van der Waals surface area (Å²) in [5.41, 5.74) is -0.0646. The van der Waals surface area contributed by atoms with Gasteiger partial charge in [0.05, 0.1) is 24.4 Å². The molecule has 2 unspecified atom stereocenters. The summed E-state index contributed by atoms with van der Waals surface area (Å²) in [6.07, 6.45) is -16.3. The third-order valence-corrected chi connectivity index (χ3v) is 10.5. The lowest BCUT2D eigenvalue weighted by molar-refractivity contribution is -0.148. The molecule has 328 valence electrons. The molecular weight excluding hydrogens is 786 g/mol. The summed E-state index contributed by atoms with van der Waals surface area (Å²) in [6.45, 7) is 3.74. The number of phenols is 1. The van der Waals surface area contributed by atoms with Crippen LogP contribution < -0.4 is 26.6 Å². The van der Waals surface area contributed by atoms with Gasteiger partial charge in [-0.05, 0) is 31.5 Å². The number of fused-ring (bicyclic) bond motifs is 2. The number of hydrogen-bond acceptors (Lipinski definition) is 16. The summed E-state index contributed by atoms with van der Waals surface area (Å²) in [4.78, 5) is 96.9. The molecule has 0 aliphatic carbocycles. The number of aliphatic hydroxyl groups is 8. The number of rotatable bonds is 6. The molecule has 4 rings (SSSR count). The number of carbonyl (C=O) groups is 7. The Labute approximate surface area is 337 Å². The van der Waals surface area contributed by atoms with Crippen molar-refractivity contribution in [2.24, 2.45) is 5.92 Å². The third kappa shape index (κ3) is 10.8. The highest BCUT2D eigenvalue weighted by Crippen LogP contribution is 2.27. The maximum Gasteiger partial charge on any atom is 0.248 e. The molecule has 14 N–H and O–H groups in total. The van der Waals surface area contributed by atoms with Crippen molar-refractivity contribution < 1.29 is 79.5 Å². The average molecular weight is 840 g/mol. The lowest BCUT2D eigenvalue weighted by atomic mass is 9.96. The summed E-state index contributed by atoms with van der Waals surface area (Å²) in [6, 6.07) is -6.59. The second kappa shape index (κ2) is 19.4. The topological polar surface area (TPSA) is 368 Å². The second-order valence-electron chi connectivity index (χ2n) is 15.3. The number of phenolic OH excluding ortho intramolecular Hbond substituents is 1. The fraction of sp³-hybridized carbons (Fsp3) is 0.639. The minimum Gasteiger partial charge on any atom is -0.508 e. The Bertz CT molecular complexity index is 1730. The molecule has 0 saturated carbocycles. The van der Waals surface area contributed by atoms with Gasteiger partial charge in [-0.3, -0.25) is 33.6 Å². The van der Waals surface area contributed by atoms with E-state index in [1.54, 1.807) is 0 Å². The number of nitrogens with one attached hydrogen (secondary N) is 5. The van der Waals surface area contributed by atoms with Crippen LogP contribution in [-0.2, 0) is 33.6 Å². The van der Waals surface area contributed by atoms with Crippen molar-refractivity contribution in [3.05, 3.63) is 29.8 Å². The molecule has 59 heavy (non-hydrogen) atoms. The van der Waals surface area contributed by atoms with Gasteiger partial charge in [-0.2, -0.15) is 0 Å². The van der Waals surface area contributed by atoms with Gasteiger partial charge in [0, 0.05) is 38.8 Å². The highest BCUT2D eigenvalue weighted by atomic mass is 16.3. The van der Waals surface area contributed by atoms with Gasteiger partial charge in [-0.25, -0.2) is 0 Å². The van der Waals surface area contributed by atoms with E-state index in [1.165, 1.54) is 19.1 Å². The molecule has 3 aliphatic heterocycles. The molecular formula is C36H53N7O16. The number of amides is 7. The molecule has 1 aromatic rings. The van der Waals surface area contributed by atoms with Gasteiger partial charge in [0.15, 0.2) is 6.23 Å². The van der Waals surface area contributed by atoms with E-state index in [0.717, 1.165) is 42.7 Å². The van der Waals surface area contributed by atoms with E-state index in [-0.39, 0.29) is 17.9 Å². The van der Waals surface area contributed by atoms with Crippen LogP contribution >= 0.6 is 0 Å². The van der Waals surface area contributed by atoms with Gasteiger partial charge in [0.1, 0.15) is 60.3 Å². The molecule has 0 spiro atoms. The molecule has 1 aromatic carbocycles. The van der Waals surface area contributed by atoms with E-state index in [0.29, 0.717) is 0 Å². The fourth-order valence-corrected chi connectivity index (χ4v) is 7.27. The normalized spacial score (nSPS) is 33.9. The van der Waals surface area contributed by atoms with Crippen molar-refractivity contribution >= 4 is 41.4 Å². The zero-order valence-corrected chi connectivity index (χ0v) is 32.6. The third-order valence-electron chi connectivity index (χ3n) is 10.5. The largest absolute Gasteiger partial charge is 0.508 e. The number of aliphatic hydroxyl groups excluding tert-OH is 8. The van der Waals surface area contributed by atoms with Crippen molar-refractivity contribution in [2.75, 3.05) is 13.1 Å². The molecule has 0 aromatic heterocycles. The Kier molecular flexibility index (Phi) is 15.3. The van der Waals surface area contributed by atoms with Gasteiger partial charge >= 0.3 is 0 Å². The van der Waals surface area contributed by atoms with E-state index in [4.69, 9.17) is 0 Å². The van der Waals surface area contributed by atoms with Crippen LogP contribution in [0.5, 0.6) is 5.75 Å². The van der Waals surface area contributed by atoms with Crippen LogP contribution in [0, 0.1) is 5.92 Å². The maximum atomic E-state index is 14.1. The van der Waals surface area contributed by atoms with Crippen LogP contribution in [0.2, 0.25) is 0 Å². The number of aromatic hydroxyl groups is 1. The van der Waals surface area contributed by atoms with Gasteiger partial charge < -0.3 is 82.3 Å². The van der Waals surface area contributed by atoms with E-state index in [1.807, 2.05) is 5.32 Å². The highest BCUT2D eigenvalue weighted by molar-refractivity contribution is 5.98. The SMILES string of the molecule is CC(=O)NC1C[C@@H](O)[C@@H](O)NC(=O)[C@@H]2[C@@H](O)[C@@H](C)CN2C(=O)[C@H]([C@@H](C)O)NC(=O)[C@H]([C@H](O)[C@@H](O)c2ccc(O)cc2)NC(=O)[C@@H]2CC(O)CN2C(=O)[C@H]([C@@H](C)O)NC1=O. The van der Waals surface area contributed by atoms with Crippen molar-refractivity contribution in [1.29, 1.82) is 0 Å². The van der Waals surface area contributed by atoms with E-state index >= 15 is 0 Å². The smallest absolute Gasteiger partial charge is 0.248 e.